The fraction of sp³-hybridized carbons (Fsp3) is 0.571. The third kappa shape index (κ3) is 2.88. The van der Waals surface area contributed by atoms with E-state index in [1.165, 1.54) is 6.42 Å². The molecule has 1 aliphatic rings. The van der Waals surface area contributed by atoms with Gasteiger partial charge in [0.2, 0.25) is 5.91 Å². The van der Waals surface area contributed by atoms with Crippen molar-refractivity contribution in [3.8, 4) is 0 Å². The molecule has 4 heteroatoms. The predicted octanol–water partition coefficient (Wildman–Crippen LogP) is 1.74. The van der Waals surface area contributed by atoms with E-state index in [1.54, 1.807) is 12.4 Å². The van der Waals surface area contributed by atoms with Crippen molar-refractivity contribution < 1.29 is 4.79 Å². The summed E-state index contributed by atoms with van der Waals surface area (Å²) in [7, 11) is 1.88. The largest absolute Gasteiger partial charge is 0.338 e. The van der Waals surface area contributed by atoms with Gasteiger partial charge < -0.3 is 10.2 Å². The second kappa shape index (κ2) is 5.96. The summed E-state index contributed by atoms with van der Waals surface area (Å²) in [5, 5.41) is 3.30. The van der Waals surface area contributed by atoms with Crippen LogP contribution in [-0.4, -0.2) is 35.4 Å². The van der Waals surface area contributed by atoms with Crippen molar-refractivity contribution in [1.29, 1.82) is 0 Å². The molecular formula is C14H21N3O. The van der Waals surface area contributed by atoms with Crippen molar-refractivity contribution in [2.45, 2.75) is 38.3 Å². The fourth-order valence-corrected chi connectivity index (χ4v) is 2.36. The number of nitrogens with zero attached hydrogens (tertiary/aromatic N) is 2. The third-order valence-electron chi connectivity index (χ3n) is 3.73. The van der Waals surface area contributed by atoms with Gasteiger partial charge in [0.1, 0.15) is 0 Å². The lowest BCUT2D eigenvalue weighted by molar-refractivity contribution is -0.134. The number of nitrogens with one attached hydrogen (secondary N) is 1. The first kappa shape index (κ1) is 13.0. The van der Waals surface area contributed by atoms with Gasteiger partial charge in [0.15, 0.2) is 0 Å². The molecule has 0 spiro atoms. The van der Waals surface area contributed by atoms with E-state index in [4.69, 9.17) is 0 Å². The summed E-state index contributed by atoms with van der Waals surface area (Å²) in [6.45, 7) is 3.00. The van der Waals surface area contributed by atoms with E-state index < -0.39 is 0 Å². The zero-order valence-electron chi connectivity index (χ0n) is 11.1. The number of amides is 1. The Labute approximate surface area is 108 Å². The molecule has 1 aromatic heterocycles. The SMILES string of the molecule is CC(c1ccncc1)N(C)C(=O)[C@H]1CCCCN1. The minimum Gasteiger partial charge on any atom is -0.338 e. The number of rotatable bonds is 3. The number of piperidine rings is 1. The molecule has 1 aromatic rings. The highest BCUT2D eigenvalue weighted by atomic mass is 16.2. The van der Waals surface area contributed by atoms with Gasteiger partial charge in [-0.05, 0) is 44.0 Å². The average Bonchev–Trinajstić information content (AvgIpc) is 2.47. The lowest BCUT2D eigenvalue weighted by Gasteiger charge is -2.31. The Morgan fingerprint density at radius 2 is 2.17 bits per heavy atom. The minimum absolute atomic E-state index is 0.00645. The van der Waals surface area contributed by atoms with Gasteiger partial charge in [0.05, 0.1) is 12.1 Å². The van der Waals surface area contributed by atoms with E-state index in [9.17, 15) is 4.79 Å². The Hall–Kier alpha value is -1.42. The van der Waals surface area contributed by atoms with Crippen molar-refractivity contribution in [3.05, 3.63) is 30.1 Å². The molecule has 4 nitrogen and oxygen atoms in total. The molecule has 98 valence electrons. The van der Waals surface area contributed by atoms with Crippen LogP contribution in [0.4, 0.5) is 0 Å². The molecule has 0 aromatic carbocycles. The molecule has 1 unspecified atom stereocenters. The molecule has 1 amide bonds. The highest BCUT2D eigenvalue weighted by Gasteiger charge is 2.26. The number of likely N-dealkylation sites (N-methyl/N-ethyl adjacent to an activating group) is 1. The summed E-state index contributed by atoms with van der Waals surface area (Å²) in [5.74, 6) is 0.194. The Morgan fingerprint density at radius 1 is 1.44 bits per heavy atom. The van der Waals surface area contributed by atoms with Gasteiger partial charge in [-0.2, -0.15) is 0 Å². The van der Waals surface area contributed by atoms with Crippen molar-refractivity contribution in [3.63, 3.8) is 0 Å². The number of aromatic nitrogens is 1. The van der Waals surface area contributed by atoms with Crippen LogP contribution in [0.25, 0.3) is 0 Å². The van der Waals surface area contributed by atoms with E-state index in [1.807, 2.05) is 24.1 Å². The van der Waals surface area contributed by atoms with Crippen LogP contribution in [-0.2, 0) is 4.79 Å². The first-order chi connectivity index (χ1) is 8.70. The van der Waals surface area contributed by atoms with Gasteiger partial charge >= 0.3 is 0 Å². The standard InChI is InChI=1S/C14H21N3O/c1-11(12-6-9-15-10-7-12)17(2)14(18)13-5-3-4-8-16-13/h6-7,9-11,13,16H,3-5,8H2,1-2H3/t11?,13-/m1/s1. The Kier molecular flexibility index (Phi) is 4.31. The van der Waals surface area contributed by atoms with E-state index in [0.29, 0.717) is 0 Å². The van der Waals surface area contributed by atoms with E-state index in [2.05, 4.69) is 17.2 Å². The molecule has 1 N–H and O–H groups in total. The average molecular weight is 247 g/mol. The van der Waals surface area contributed by atoms with Crippen LogP contribution < -0.4 is 5.32 Å². The lowest BCUT2D eigenvalue weighted by atomic mass is 10.0. The summed E-state index contributed by atoms with van der Waals surface area (Å²) in [4.78, 5) is 18.2. The van der Waals surface area contributed by atoms with E-state index in [0.717, 1.165) is 24.9 Å². The minimum atomic E-state index is -0.00645. The third-order valence-corrected chi connectivity index (χ3v) is 3.73. The van der Waals surface area contributed by atoms with Crippen molar-refractivity contribution in [1.82, 2.24) is 15.2 Å². The van der Waals surface area contributed by atoms with E-state index >= 15 is 0 Å². The predicted molar refractivity (Wildman–Crippen MR) is 71.1 cm³/mol. The molecule has 1 fully saturated rings. The molecule has 2 heterocycles. The first-order valence-corrected chi connectivity index (χ1v) is 6.60. The maximum Gasteiger partial charge on any atom is 0.239 e. The van der Waals surface area contributed by atoms with Crippen LogP contribution in [0, 0.1) is 0 Å². The molecule has 18 heavy (non-hydrogen) atoms. The highest BCUT2D eigenvalue weighted by molar-refractivity contribution is 5.82. The molecule has 0 radical (unpaired) electrons. The normalized spacial score (nSPS) is 21.3. The van der Waals surface area contributed by atoms with Gasteiger partial charge in [0, 0.05) is 19.4 Å². The fourth-order valence-electron chi connectivity index (χ4n) is 2.36. The quantitative estimate of drug-likeness (QED) is 0.885. The topological polar surface area (TPSA) is 45.2 Å². The first-order valence-electron chi connectivity index (χ1n) is 6.60. The number of carbonyl (C=O) groups is 1. The maximum atomic E-state index is 12.4. The summed E-state index contributed by atoms with van der Waals surface area (Å²) < 4.78 is 0. The van der Waals surface area contributed by atoms with Crippen LogP contribution >= 0.6 is 0 Å². The second-order valence-electron chi connectivity index (χ2n) is 4.91. The number of hydrogen-bond donors (Lipinski definition) is 1. The summed E-state index contributed by atoms with van der Waals surface area (Å²) in [6.07, 6.45) is 6.80. The zero-order chi connectivity index (χ0) is 13.0. The zero-order valence-corrected chi connectivity index (χ0v) is 11.1. The lowest BCUT2D eigenvalue weighted by Crippen LogP contribution is -2.47. The highest BCUT2D eigenvalue weighted by Crippen LogP contribution is 2.20. The molecule has 0 bridgehead atoms. The van der Waals surface area contributed by atoms with Crippen LogP contribution in [0.2, 0.25) is 0 Å². The molecule has 2 rings (SSSR count). The van der Waals surface area contributed by atoms with Gasteiger partial charge in [-0.1, -0.05) is 6.42 Å². The van der Waals surface area contributed by atoms with Crippen molar-refractivity contribution in [2.75, 3.05) is 13.6 Å². The number of hydrogen-bond acceptors (Lipinski definition) is 3. The Balaban J connectivity index is 2.01. The van der Waals surface area contributed by atoms with E-state index in [-0.39, 0.29) is 18.0 Å². The van der Waals surface area contributed by atoms with Gasteiger partial charge in [-0.3, -0.25) is 9.78 Å². The molecular weight excluding hydrogens is 226 g/mol. The number of pyridine rings is 1. The Bertz CT molecular complexity index is 387. The van der Waals surface area contributed by atoms with Gasteiger partial charge in [0.25, 0.3) is 0 Å². The van der Waals surface area contributed by atoms with Crippen LogP contribution in [0.1, 0.15) is 37.8 Å². The monoisotopic (exact) mass is 247 g/mol. The van der Waals surface area contributed by atoms with Gasteiger partial charge in [-0.15, -0.1) is 0 Å². The van der Waals surface area contributed by atoms with Crippen LogP contribution in [0.5, 0.6) is 0 Å². The summed E-state index contributed by atoms with van der Waals surface area (Å²) in [6, 6.07) is 4.00. The molecule has 1 aliphatic heterocycles. The van der Waals surface area contributed by atoms with Crippen molar-refractivity contribution in [2.24, 2.45) is 0 Å². The molecule has 0 saturated carbocycles. The molecule has 1 saturated heterocycles. The summed E-state index contributed by atoms with van der Waals surface area (Å²) in [5.41, 5.74) is 1.12. The summed E-state index contributed by atoms with van der Waals surface area (Å²) >= 11 is 0. The maximum absolute atomic E-state index is 12.4. The van der Waals surface area contributed by atoms with Crippen LogP contribution in [0.3, 0.4) is 0 Å². The van der Waals surface area contributed by atoms with Crippen LogP contribution in [0.15, 0.2) is 24.5 Å². The Morgan fingerprint density at radius 3 is 2.78 bits per heavy atom. The number of carbonyl (C=O) groups excluding carboxylic acids is 1. The van der Waals surface area contributed by atoms with Crippen molar-refractivity contribution >= 4 is 5.91 Å². The molecule has 2 atom stereocenters. The smallest absolute Gasteiger partial charge is 0.239 e. The second-order valence-corrected chi connectivity index (χ2v) is 4.91. The van der Waals surface area contributed by atoms with Gasteiger partial charge in [-0.25, -0.2) is 0 Å². The molecule has 0 aliphatic carbocycles.